The molecule has 0 spiro atoms. The second-order valence-corrected chi connectivity index (χ2v) is 4.65. The van der Waals surface area contributed by atoms with Crippen molar-refractivity contribution in [3.05, 3.63) is 0 Å². The first-order valence-corrected chi connectivity index (χ1v) is 5.62. The van der Waals surface area contributed by atoms with Gasteiger partial charge in [0.1, 0.15) is 0 Å². The quantitative estimate of drug-likeness (QED) is 0.701. The predicted octanol–water partition coefficient (Wildman–Crippen LogP) is 1.16. The topological polar surface area (TPSA) is 41.5 Å². The Hall–Kier alpha value is -0.120. The Labute approximate surface area is 86.8 Å². The SMILES string of the molecule is CC(C)C[C@@H](CO)N[C@@H]1CCO[C@@H]1C. The molecule has 0 amide bonds. The molecule has 2 N–H and O–H groups in total. The third-order valence-electron chi connectivity index (χ3n) is 2.80. The molecule has 14 heavy (non-hydrogen) atoms. The fourth-order valence-corrected chi connectivity index (χ4v) is 2.02. The van der Waals surface area contributed by atoms with Gasteiger partial charge in [-0.1, -0.05) is 13.8 Å². The molecule has 1 rings (SSSR count). The second-order valence-electron chi connectivity index (χ2n) is 4.65. The number of hydrogen-bond acceptors (Lipinski definition) is 3. The third kappa shape index (κ3) is 3.56. The maximum atomic E-state index is 9.22. The van der Waals surface area contributed by atoms with E-state index < -0.39 is 0 Å². The Morgan fingerprint density at radius 2 is 2.21 bits per heavy atom. The highest BCUT2D eigenvalue weighted by molar-refractivity contribution is 4.83. The van der Waals surface area contributed by atoms with Crippen LogP contribution in [0.2, 0.25) is 0 Å². The van der Waals surface area contributed by atoms with E-state index in [1.54, 1.807) is 0 Å². The zero-order chi connectivity index (χ0) is 10.6. The fraction of sp³-hybridized carbons (Fsp3) is 1.00. The molecule has 0 aromatic carbocycles. The summed E-state index contributed by atoms with van der Waals surface area (Å²) in [4.78, 5) is 0. The summed E-state index contributed by atoms with van der Waals surface area (Å²) < 4.78 is 5.47. The van der Waals surface area contributed by atoms with Crippen LogP contribution in [0.15, 0.2) is 0 Å². The third-order valence-corrected chi connectivity index (χ3v) is 2.80. The van der Waals surface area contributed by atoms with E-state index in [1.165, 1.54) is 0 Å². The molecule has 1 saturated heterocycles. The molecule has 0 aromatic heterocycles. The molecular formula is C11H23NO2. The van der Waals surface area contributed by atoms with Gasteiger partial charge in [-0.25, -0.2) is 0 Å². The number of ether oxygens (including phenoxy) is 1. The van der Waals surface area contributed by atoms with Gasteiger partial charge in [0.15, 0.2) is 0 Å². The Bertz CT molecular complexity index is 161. The van der Waals surface area contributed by atoms with Crippen LogP contribution >= 0.6 is 0 Å². The maximum absolute atomic E-state index is 9.22. The van der Waals surface area contributed by atoms with E-state index >= 15 is 0 Å². The van der Waals surface area contributed by atoms with E-state index in [-0.39, 0.29) is 18.8 Å². The van der Waals surface area contributed by atoms with Crippen molar-refractivity contribution >= 4 is 0 Å². The van der Waals surface area contributed by atoms with Crippen LogP contribution in [0.4, 0.5) is 0 Å². The van der Waals surface area contributed by atoms with Gasteiger partial charge in [0.2, 0.25) is 0 Å². The van der Waals surface area contributed by atoms with E-state index in [4.69, 9.17) is 4.74 Å². The lowest BCUT2D eigenvalue weighted by Crippen LogP contribution is -2.44. The molecule has 0 aliphatic carbocycles. The molecule has 0 radical (unpaired) electrons. The Kier molecular flexibility index (Phi) is 4.85. The van der Waals surface area contributed by atoms with Crippen molar-refractivity contribution < 1.29 is 9.84 Å². The van der Waals surface area contributed by atoms with Gasteiger partial charge >= 0.3 is 0 Å². The van der Waals surface area contributed by atoms with Crippen LogP contribution in [-0.2, 0) is 4.74 Å². The molecule has 3 atom stereocenters. The van der Waals surface area contributed by atoms with Crippen LogP contribution in [0.25, 0.3) is 0 Å². The van der Waals surface area contributed by atoms with Crippen molar-refractivity contribution in [3.63, 3.8) is 0 Å². The molecule has 0 aromatic rings. The average Bonchev–Trinajstić information content (AvgIpc) is 2.50. The summed E-state index contributed by atoms with van der Waals surface area (Å²) in [5.41, 5.74) is 0. The van der Waals surface area contributed by atoms with Crippen LogP contribution in [0, 0.1) is 5.92 Å². The summed E-state index contributed by atoms with van der Waals surface area (Å²) in [5.74, 6) is 0.622. The van der Waals surface area contributed by atoms with Crippen molar-refractivity contribution in [2.45, 2.75) is 51.8 Å². The first-order chi connectivity index (χ1) is 6.63. The molecular weight excluding hydrogens is 178 g/mol. The highest BCUT2D eigenvalue weighted by Gasteiger charge is 2.26. The van der Waals surface area contributed by atoms with E-state index in [0.717, 1.165) is 19.4 Å². The highest BCUT2D eigenvalue weighted by atomic mass is 16.5. The highest BCUT2D eigenvalue weighted by Crippen LogP contribution is 2.15. The largest absolute Gasteiger partial charge is 0.395 e. The number of aliphatic hydroxyl groups excluding tert-OH is 1. The van der Waals surface area contributed by atoms with Gasteiger partial charge in [-0.3, -0.25) is 0 Å². The lowest BCUT2D eigenvalue weighted by molar-refractivity contribution is 0.106. The zero-order valence-corrected chi connectivity index (χ0v) is 9.49. The Morgan fingerprint density at radius 3 is 2.64 bits per heavy atom. The minimum absolute atomic E-state index is 0.224. The summed E-state index contributed by atoms with van der Waals surface area (Å²) >= 11 is 0. The summed E-state index contributed by atoms with van der Waals surface area (Å²) in [6.07, 6.45) is 2.38. The number of rotatable bonds is 5. The molecule has 84 valence electrons. The van der Waals surface area contributed by atoms with Crippen molar-refractivity contribution in [3.8, 4) is 0 Å². The van der Waals surface area contributed by atoms with Crippen molar-refractivity contribution in [2.24, 2.45) is 5.92 Å². The number of aliphatic hydroxyl groups is 1. The minimum atomic E-state index is 0.224. The number of hydrogen-bond donors (Lipinski definition) is 2. The zero-order valence-electron chi connectivity index (χ0n) is 9.49. The summed E-state index contributed by atoms with van der Waals surface area (Å²) in [5, 5.41) is 12.7. The van der Waals surface area contributed by atoms with Crippen LogP contribution in [0.3, 0.4) is 0 Å². The first kappa shape index (κ1) is 12.0. The van der Waals surface area contributed by atoms with E-state index in [9.17, 15) is 5.11 Å². The summed E-state index contributed by atoms with van der Waals surface area (Å²) in [6, 6.07) is 0.648. The molecule has 0 bridgehead atoms. The average molecular weight is 201 g/mol. The minimum Gasteiger partial charge on any atom is -0.395 e. The van der Waals surface area contributed by atoms with Gasteiger partial charge in [0.05, 0.1) is 12.7 Å². The van der Waals surface area contributed by atoms with E-state index in [1.807, 2.05) is 0 Å². The lowest BCUT2D eigenvalue weighted by atomic mass is 10.0. The van der Waals surface area contributed by atoms with E-state index in [0.29, 0.717) is 12.0 Å². The van der Waals surface area contributed by atoms with Gasteiger partial charge in [-0.05, 0) is 25.7 Å². The normalized spacial score (nSPS) is 29.8. The van der Waals surface area contributed by atoms with Crippen molar-refractivity contribution in [1.29, 1.82) is 0 Å². The molecule has 3 nitrogen and oxygen atoms in total. The first-order valence-electron chi connectivity index (χ1n) is 5.62. The molecule has 0 saturated carbocycles. The molecule has 1 aliphatic heterocycles. The molecule has 1 heterocycles. The maximum Gasteiger partial charge on any atom is 0.0700 e. The van der Waals surface area contributed by atoms with Gasteiger partial charge < -0.3 is 15.2 Å². The predicted molar refractivity (Wildman–Crippen MR) is 57.3 cm³/mol. The Balaban J connectivity index is 2.31. The smallest absolute Gasteiger partial charge is 0.0700 e. The summed E-state index contributed by atoms with van der Waals surface area (Å²) in [6.45, 7) is 7.52. The van der Waals surface area contributed by atoms with Crippen molar-refractivity contribution in [1.82, 2.24) is 5.32 Å². The van der Waals surface area contributed by atoms with Crippen molar-refractivity contribution in [2.75, 3.05) is 13.2 Å². The lowest BCUT2D eigenvalue weighted by Gasteiger charge is -2.24. The van der Waals surface area contributed by atoms with Crippen LogP contribution in [0.1, 0.15) is 33.6 Å². The number of nitrogens with one attached hydrogen (secondary N) is 1. The van der Waals surface area contributed by atoms with Gasteiger partial charge in [0.25, 0.3) is 0 Å². The Morgan fingerprint density at radius 1 is 1.50 bits per heavy atom. The molecule has 3 heteroatoms. The van der Waals surface area contributed by atoms with Gasteiger partial charge in [0, 0.05) is 18.7 Å². The second kappa shape index (κ2) is 5.69. The van der Waals surface area contributed by atoms with Crippen LogP contribution in [-0.4, -0.2) is 36.5 Å². The molecule has 1 aliphatic rings. The monoisotopic (exact) mass is 201 g/mol. The molecule has 1 fully saturated rings. The standard InChI is InChI=1S/C11H23NO2/c1-8(2)6-10(7-13)12-11-4-5-14-9(11)3/h8-13H,4-7H2,1-3H3/t9-,10+,11-/m1/s1. The van der Waals surface area contributed by atoms with Gasteiger partial charge in [-0.2, -0.15) is 0 Å². The van der Waals surface area contributed by atoms with Crippen LogP contribution < -0.4 is 5.32 Å². The molecule has 0 unspecified atom stereocenters. The fourth-order valence-electron chi connectivity index (χ4n) is 2.02. The summed E-state index contributed by atoms with van der Waals surface area (Å²) in [7, 11) is 0. The van der Waals surface area contributed by atoms with Gasteiger partial charge in [-0.15, -0.1) is 0 Å². The van der Waals surface area contributed by atoms with E-state index in [2.05, 4.69) is 26.1 Å². The van der Waals surface area contributed by atoms with Crippen LogP contribution in [0.5, 0.6) is 0 Å².